The van der Waals surface area contributed by atoms with Gasteiger partial charge in [0.1, 0.15) is 5.78 Å². The van der Waals surface area contributed by atoms with Crippen molar-refractivity contribution in [3.63, 3.8) is 0 Å². The number of ketones is 1. The van der Waals surface area contributed by atoms with Crippen LogP contribution in [0.25, 0.3) is 11.6 Å². The van der Waals surface area contributed by atoms with Gasteiger partial charge in [-0.15, -0.1) is 0 Å². The molecule has 1 fully saturated rings. The summed E-state index contributed by atoms with van der Waals surface area (Å²) in [6.07, 6.45) is 9.47. The molecule has 1 aromatic rings. The van der Waals surface area contributed by atoms with Gasteiger partial charge >= 0.3 is 0 Å². The monoisotopic (exact) mass is 400 g/mol. The molecule has 0 aromatic carbocycles. The minimum Gasteiger partial charge on any atom is -0.299 e. The number of rotatable bonds is 6. The molecule has 0 atom stereocenters. The Hall–Kier alpha value is -1.79. The highest BCUT2D eigenvalue weighted by molar-refractivity contribution is 7.89. The van der Waals surface area contributed by atoms with E-state index in [1.807, 2.05) is 6.08 Å². The number of carbonyl (C=O) groups is 1. The van der Waals surface area contributed by atoms with Crippen molar-refractivity contribution in [1.82, 2.24) is 9.29 Å². The number of sulfonamides is 1. The summed E-state index contributed by atoms with van der Waals surface area (Å²) in [6.45, 7) is 6.73. The van der Waals surface area contributed by atoms with Gasteiger partial charge in [0.05, 0.1) is 11.4 Å². The molecule has 3 aliphatic rings. The minimum atomic E-state index is -3.22. The van der Waals surface area contributed by atoms with Crippen LogP contribution in [-0.2, 0) is 27.7 Å². The molecular formula is C22H28N2O3S. The Kier molecular flexibility index (Phi) is 4.82. The fourth-order valence-corrected chi connectivity index (χ4v) is 5.45. The zero-order valence-corrected chi connectivity index (χ0v) is 17.7. The lowest BCUT2D eigenvalue weighted by Gasteiger charge is -2.38. The summed E-state index contributed by atoms with van der Waals surface area (Å²) in [4.78, 5) is 17.1. The number of nitrogens with zero attached hydrogens (tertiary/aromatic N) is 2. The lowest BCUT2D eigenvalue weighted by Crippen LogP contribution is -2.43. The maximum atomic E-state index is 12.4. The number of hydrogen-bond acceptors (Lipinski definition) is 4. The van der Waals surface area contributed by atoms with Gasteiger partial charge in [0.15, 0.2) is 0 Å². The molecule has 6 heteroatoms. The van der Waals surface area contributed by atoms with Gasteiger partial charge in [-0.05, 0) is 37.0 Å². The maximum absolute atomic E-state index is 12.4. The summed E-state index contributed by atoms with van der Waals surface area (Å²) in [6, 6.07) is 2.06. The molecule has 0 spiro atoms. The van der Waals surface area contributed by atoms with Crippen molar-refractivity contribution in [3.8, 4) is 0 Å². The van der Waals surface area contributed by atoms with Gasteiger partial charge < -0.3 is 0 Å². The summed E-state index contributed by atoms with van der Waals surface area (Å²) in [7, 11) is -3.22. The number of aromatic nitrogens is 1. The fraction of sp³-hybridized carbons (Fsp3) is 0.545. The molecule has 0 radical (unpaired) electrons. The molecule has 0 unspecified atom stereocenters. The molecular weight excluding hydrogens is 372 g/mol. The molecule has 1 aliphatic heterocycles. The van der Waals surface area contributed by atoms with E-state index in [1.165, 1.54) is 0 Å². The fourth-order valence-electron chi connectivity index (χ4n) is 4.27. The molecule has 5 nitrogen and oxygen atoms in total. The Balaban J connectivity index is 1.72. The lowest BCUT2D eigenvalue weighted by atomic mass is 9.76. The third-order valence-corrected chi connectivity index (χ3v) is 7.82. The molecule has 1 saturated carbocycles. The third-order valence-electron chi connectivity index (χ3n) is 6.02. The molecule has 0 saturated heterocycles. The number of hydrogen-bond donors (Lipinski definition) is 0. The first-order valence-corrected chi connectivity index (χ1v) is 11.7. The van der Waals surface area contributed by atoms with Crippen LogP contribution in [0.5, 0.6) is 0 Å². The molecule has 1 aromatic heterocycles. The van der Waals surface area contributed by atoms with Gasteiger partial charge in [0.25, 0.3) is 0 Å². The van der Waals surface area contributed by atoms with Gasteiger partial charge in [0, 0.05) is 48.5 Å². The number of fused-ring (bicyclic) bond motifs is 1. The van der Waals surface area contributed by atoms with Gasteiger partial charge in [0.2, 0.25) is 10.0 Å². The number of allylic oxidation sites excluding steroid dienone is 1. The van der Waals surface area contributed by atoms with Gasteiger partial charge in [-0.25, -0.2) is 8.42 Å². The summed E-state index contributed by atoms with van der Waals surface area (Å²) >= 11 is 0. The lowest BCUT2D eigenvalue weighted by molar-refractivity contribution is -0.119. The van der Waals surface area contributed by atoms with E-state index in [-0.39, 0.29) is 17.1 Å². The summed E-state index contributed by atoms with van der Waals surface area (Å²) in [5, 5.41) is 0. The zero-order valence-electron chi connectivity index (χ0n) is 16.9. The quantitative estimate of drug-likeness (QED) is 0.735. The van der Waals surface area contributed by atoms with Crippen LogP contribution in [0.3, 0.4) is 0 Å². The number of pyridine rings is 1. The van der Waals surface area contributed by atoms with E-state index in [9.17, 15) is 13.2 Å². The third kappa shape index (κ3) is 3.60. The highest BCUT2D eigenvalue weighted by atomic mass is 32.2. The zero-order chi connectivity index (χ0) is 20.1. The Morgan fingerprint density at radius 3 is 2.71 bits per heavy atom. The Morgan fingerprint density at radius 2 is 2.07 bits per heavy atom. The van der Waals surface area contributed by atoms with Crippen molar-refractivity contribution in [2.45, 2.75) is 46.5 Å². The maximum Gasteiger partial charge on any atom is 0.214 e. The first-order valence-electron chi connectivity index (χ1n) is 10.1. The van der Waals surface area contributed by atoms with Crippen LogP contribution >= 0.6 is 0 Å². The smallest absolute Gasteiger partial charge is 0.214 e. The van der Waals surface area contributed by atoms with Crippen molar-refractivity contribution >= 4 is 27.5 Å². The number of Topliss-reactive ketones (excluding diaryl/α,β-unsaturated/α-hetero) is 1. The van der Waals surface area contributed by atoms with Crippen molar-refractivity contribution in [1.29, 1.82) is 0 Å². The van der Waals surface area contributed by atoms with E-state index in [1.54, 1.807) is 11.2 Å². The predicted molar refractivity (Wildman–Crippen MR) is 111 cm³/mol. The van der Waals surface area contributed by atoms with Crippen LogP contribution in [-0.4, -0.2) is 42.3 Å². The van der Waals surface area contributed by atoms with Crippen LogP contribution < -0.4 is 0 Å². The minimum absolute atomic E-state index is 0.118. The summed E-state index contributed by atoms with van der Waals surface area (Å²) in [5.74, 6) is 0.642. The standard InChI is InChI=1S/C22H28N2O3S/c1-4-28(26,27)24-11-10-19(22(2,3)14-24)18-12-16(13-21(25)15-8-9-15)23-20-7-5-6-17(18)20/h5-6,10,12,15H,4,7-9,11,13-14H2,1-3H3. The van der Waals surface area contributed by atoms with Crippen LogP contribution in [0.2, 0.25) is 0 Å². The highest BCUT2D eigenvalue weighted by Crippen LogP contribution is 2.42. The van der Waals surface area contributed by atoms with Gasteiger partial charge in [-0.3, -0.25) is 9.78 Å². The molecule has 0 bridgehead atoms. The molecule has 2 heterocycles. The van der Waals surface area contributed by atoms with Crippen molar-refractivity contribution < 1.29 is 13.2 Å². The second-order valence-corrected chi connectivity index (χ2v) is 11.0. The van der Waals surface area contributed by atoms with E-state index in [2.05, 4.69) is 32.1 Å². The largest absolute Gasteiger partial charge is 0.299 e. The van der Waals surface area contributed by atoms with Crippen LogP contribution in [0.4, 0.5) is 0 Å². The van der Waals surface area contributed by atoms with Crippen LogP contribution in [0.1, 0.15) is 56.1 Å². The highest BCUT2D eigenvalue weighted by Gasteiger charge is 2.37. The Labute approximate surface area is 167 Å². The van der Waals surface area contributed by atoms with Crippen LogP contribution in [0.15, 0.2) is 18.2 Å². The van der Waals surface area contributed by atoms with E-state index >= 15 is 0 Å². The summed E-state index contributed by atoms with van der Waals surface area (Å²) < 4.78 is 26.3. The average Bonchev–Trinajstić information content (AvgIpc) is 3.39. The first kappa shape index (κ1) is 19.5. The number of carbonyl (C=O) groups excluding carboxylic acids is 1. The predicted octanol–water partition coefficient (Wildman–Crippen LogP) is 3.25. The molecule has 4 rings (SSSR count). The first-order chi connectivity index (χ1) is 13.2. The van der Waals surface area contributed by atoms with E-state index < -0.39 is 10.0 Å². The van der Waals surface area contributed by atoms with E-state index in [4.69, 9.17) is 4.98 Å². The second-order valence-electron chi connectivity index (χ2n) is 8.74. The Morgan fingerprint density at radius 1 is 1.32 bits per heavy atom. The molecule has 0 N–H and O–H groups in total. The van der Waals surface area contributed by atoms with E-state index in [0.717, 1.165) is 47.4 Å². The molecule has 2 aliphatic carbocycles. The SMILES string of the molecule is CCS(=O)(=O)N1CC=C(c2cc(CC(=O)C3CC3)nc3c2C=CC3)C(C)(C)C1. The van der Waals surface area contributed by atoms with Crippen molar-refractivity contribution in [2.24, 2.45) is 11.3 Å². The Bertz CT molecular complexity index is 985. The average molecular weight is 401 g/mol. The van der Waals surface area contributed by atoms with Gasteiger partial charge in [-0.1, -0.05) is 32.1 Å². The van der Waals surface area contributed by atoms with Crippen molar-refractivity contribution in [3.05, 3.63) is 40.7 Å². The molecule has 0 amide bonds. The molecule has 150 valence electrons. The van der Waals surface area contributed by atoms with Crippen LogP contribution in [0, 0.1) is 11.3 Å². The normalized spacial score (nSPS) is 21.5. The summed E-state index contributed by atoms with van der Waals surface area (Å²) in [5.41, 5.74) is 4.93. The van der Waals surface area contributed by atoms with Gasteiger partial charge in [-0.2, -0.15) is 4.31 Å². The second kappa shape index (κ2) is 6.92. The topological polar surface area (TPSA) is 67.3 Å². The molecule has 28 heavy (non-hydrogen) atoms. The van der Waals surface area contributed by atoms with Crippen molar-refractivity contribution in [2.75, 3.05) is 18.8 Å². The van der Waals surface area contributed by atoms with E-state index in [0.29, 0.717) is 25.3 Å².